The van der Waals surface area contributed by atoms with Crippen molar-refractivity contribution in [1.82, 2.24) is 0 Å². The monoisotopic (exact) mass is 350 g/mol. The number of para-hydroxylation sites is 1. The average molecular weight is 350 g/mol. The summed E-state index contributed by atoms with van der Waals surface area (Å²) in [7, 11) is 0. The number of hydrogen-bond acceptors (Lipinski definition) is 2. The van der Waals surface area contributed by atoms with E-state index in [9.17, 15) is 4.79 Å². The molecule has 0 spiro atoms. The van der Waals surface area contributed by atoms with Crippen molar-refractivity contribution in [3.63, 3.8) is 0 Å². The van der Waals surface area contributed by atoms with E-state index in [-0.39, 0.29) is 18.0 Å². The van der Waals surface area contributed by atoms with Gasteiger partial charge in [0.25, 0.3) is 5.91 Å². The summed E-state index contributed by atoms with van der Waals surface area (Å²) in [5.41, 5.74) is 3.58. The molecule has 0 aliphatic carbocycles. The molecule has 4 heteroatoms. The molecule has 26 heavy (non-hydrogen) atoms. The summed E-state index contributed by atoms with van der Waals surface area (Å²) in [5.74, 6) is 0.542. The number of carbonyl (C=O) groups is 1. The van der Waals surface area contributed by atoms with Gasteiger partial charge < -0.3 is 10.6 Å². The fourth-order valence-corrected chi connectivity index (χ4v) is 3.00. The third kappa shape index (κ3) is 5.44. The second-order valence-electron chi connectivity index (χ2n) is 7.26. The van der Waals surface area contributed by atoms with Gasteiger partial charge in [-0.3, -0.25) is 4.79 Å². The Balaban J connectivity index is 1.96. The van der Waals surface area contributed by atoms with E-state index in [0.717, 1.165) is 6.42 Å². The highest BCUT2D eigenvalue weighted by Crippen LogP contribution is 2.15. The quantitative estimate of drug-likeness (QED) is 0.803. The molecule has 136 valence electrons. The first kappa shape index (κ1) is 19.7. The Morgan fingerprint density at radius 1 is 1.08 bits per heavy atom. The van der Waals surface area contributed by atoms with Gasteiger partial charge in [0.2, 0.25) is 0 Å². The summed E-state index contributed by atoms with van der Waals surface area (Å²) in [5, 5.41) is 14.0. The molecular formula is C22H28N3O+. The van der Waals surface area contributed by atoms with Crippen LogP contribution in [0.4, 0.5) is 5.69 Å². The van der Waals surface area contributed by atoms with Crippen molar-refractivity contribution in [3.05, 3.63) is 65.2 Å². The third-order valence-corrected chi connectivity index (χ3v) is 4.45. The number of anilines is 1. The minimum atomic E-state index is -0.257. The first-order valence-electron chi connectivity index (χ1n) is 9.14. The average Bonchev–Trinajstić information content (AvgIpc) is 2.62. The van der Waals surface area contributed by atoms with Gasteiger partial charge in [-0.2, -0.15) is 5.26 Å². The number of nitrogens with two attached hydrogens (primary N) is 1. The van der Waals surface area contributed by atoms with E-state index >= 15 is 0 Å². The molecule has 2 atom stereocenters. The van der Waals surface area contributed by atoms with Crippen molar-refractivity contribution in [3.8, 4) is 6.07 Å². The van der Waals surface area contributed by atoms with Crippen LogP contribution in [0.15, 0.2) is 48.5 Å². The maximum atomic E-state index is 12.5. The molecular weight excluding hydrogens is 322 g/mol. The lowest BCUT2D eigenvalue weighted by Gasteiger charge is -2.17. The Bertz CT molecular complexity index is 775. The lowest BCUT2D eigenvalue weighted by molar-refractivity contribution is -0.709. The predicted octanol–water partition coefficient (Wildman–Crippen LogP) is 3.41. The Labute approximate surface area is 156 Å². The molecule has 2 aromatic carbocycles. The lowest BCUT2D eigenvalue weighted by atomic mass is 9.99. The van der Waals surface area contributed by atoms with Gasteiger partial charge in [-0.25, -0.2) is 0 Å². The van der Waals surface area contributed by atoms with Crippen molar-refractivity contribution >= 4 is 11.6 Å². The number of rotatable bonds is 7. The maximum absolute atomic E-state index is 12.5. The second-order valence-corrected chi connectivity index (χ2v) is 7.26. The fourth-order valence-electron chi connectivity index (χ4n) is 3.00. The van der Waals surface area contributed by atoms with E-state index in [4.69, 9.17) is 5.26 Å². The fraction of sp³-hybridized carbons (Fsp3) is 0.364. The molecule has 0 aromatic heterocycles. The molecule has 1 amide bonds. The highest BCUT2D eigenvalue weighted by molar-refractivity contribution is 5.94. The van der Waals surface area contributed by atoms with E-state index in [1.54, 1.807) is 18.2 Å². The largest absolute Gasteiger partial charge is 0.330 e. The minimum absolute atomic E-state index is 0.101. The molecule has 3 N–H and O–H groups in total. The summed E-state index contributed by atoms with van der Waals surface area (Å²) in [6, 6.07) is 17.7. The van der Waals surface area contributed by atoms with Crippen molar-refractivity contribution < 1.29 is 10.1 Å². The number of hydrogen-bond donors (Lipinski definition) is 2. The Morgan fingerprint density at radius 2 is 1.73 bits per heavy atom. The molecule has 0 saturated carbocycles. The number of carbonyl (C=O) groups excluding carboxylic acids is 1. The SMILES string of the molecule is CC(C)Cc1ccc([C@H](C)[NH2+][C@H](C)C(=O)Nc2ccccc2C#N)cc1. The standard InChI is InChI=1S/C22H27N3O/c1-15(2)13-18-9-11-19(12-10-18)16(3)24-17(4)22(26)25-21-8-6-5-7-20(21)14-23/h5-12,15-17,24H,13H2,1-4H3,(H,25,26)/p+1/t16-,17+/m0/s1. The smallest absolute Gasteiger partial charge is 0.282 e. The summed E-state index contributed by atoms with van der Waals surface area (Å²) < 4.78 is 0. The molecule has 0 aliphatic rings. The summed E-state index contributed by atoms with van der Waals surface area (Å²) in [6.45, 7) is 8.42. The highest BCUT2D eigenvalue weighted by atomic mass is 16.2. The summed E-state index contributed by atoms with van der Waals surface area (Å²) in [4.78, 5) is 12.5. The van der Waals surface area contributed by atoms with Gasteiger partial charge in [-0.15, -0.1) is 0 Å². The van der Waals surface area contributed by atoms with Gasteiger partial charge in [0.15, 0.2) is 6.04 Å². The van der Waals surface area contributed by atoms with Crippen LogP contribution in [0.25, 0.3) is 0 Å². The van der Waals surface area contributed by atoms with Crippen LogP contribution >= 0.6 is 0 Å². The van der Waals surface area contributed by atoms with Crippen molar-refractivity contribution in [1.29, 1.82) is 5.26 Å². The molecule has 2 aromatic rings. The number of benzene rings is 2. The van der Waals surface area contributed by atoms with Gasteiger partial charge in [0.1, 0.15) is 12.1 Å². The number of nitrogens with one attached hydrogen (secondary N) is 1. The molecule has 0 radical (unpaired) electrons. The highest BCUT2D eigenvalue weighted by Gasteiger charge is 2.21. The Morgan fingerprint density at radius 3 is 2.35 bits per heavy atom. The number of nitriles is 1. The zero-order valence-electron chi connectivity index (χ0n) is 16.0. The summed E-state index contributed by atoms with van der Waals surface area (Å²) in [6.07, 6.45) is 1.08. The zero-order chi connectivity index (χ0) is 19.1. The van der Waals surface area contributed by atoms with Crippen LogP contribution in [0.5, 0.6) is 0 Å². The van der Waals surface area contributed by atoms with E-state index in [0.29, 0.717) is 17.2 Å². The third-order valence-electron chi connectivity index (χ3n) is 4.45. The first-order valence-corrected chi connectivity index (χ1v) is 9.14. The number of amides is 1. The summed E-state index contributed by atoms with van der Waals surface area (Å²) >= 11 is 0. The van der Waals surface area contributed by atoms with E-state index in [2.05, 4.69) is 56.4 Å². The zero-order valence-corrected chi connectivity index (χ0v) is 16.0. The van der Waals surface area contributed by atoms with Crippen LogP contribution in [-0.2, 0) is 11.2 Å². The van der Waals surface area contributed by atoms with Gasteiger partial charge in [0.05, 0.1) is 11.3 Å². The maximum Gasteiger partial charge on any atom is 0.282 e. The van der Waals surface area contributed by atoms with Crippen LogP contribution in [0.2, 0.25) is 0 Å². The van der Waals surface area contributed by atoms with Crippen LogP contribution in [0, 0.1) is 17.2 Å². The second kappa shape index (κ2) is 9.17. The predicted molar refractivity (Wildman–Crippen MR) is 105 cm³/mol. The van der Waals surface area contributed by atoms with E-state index < -0.39 is 0 Å². The molecule has 0 heterocycles. The Hall–Kier alpha value is -2.64. The van der Waals surface area contributed by atoms with Crippen LogP contribution in [0.3, 0.4) is 0 Å². The van der Waals surface area contributed by atoms with Crippen LogP contribution in [-0.4, -0.2) is 11.9 Å². The molecule has 4 nitrogen and oxygen atoms in total. The first-order chi connectivity index (χ1) is 12.4. The molecule has 2 rings (SSSR count). The molecule has 0 unspecified atom stereocenters. The Kier molecular flexibility index (Phi) is 6.94. The molecule has 0 bridgehead atoms. The van der Waals surface area contributed by atoms with Gasteiger partial charge in [-0.05, 0) is 43.9 Å². The van der Waals surface area contributed by atoms with Gasteiger partial charge in [0, 0.05) is 5.56 Å². The topological polar surface area (TPSA) is 69.5 Å². The molecule has 0 aliphatic heterocycles. The van der Waals surface area contributed by atoms with Crippen LogP contribution < -0.4 is 10.6 Å². The van der Waals surface area contributed by atoms with Crippen molar-refractivity contribution in [2.75, 3.05) is 5.32 Å². The van der Waals surface area contributed by atoms with E-state index in [1.165, 1.54) is 11.1 Å². The van der Waals surface area contributed by atoms with Crippen molar-refractivity contribution in [2.24, 2.45) is 5.92 Å². The minimum Gasteiger partial charge on any atom is -0.330 e. The molecule has 0 fully saturated rings. The normalized spacial score (nSPS) is 13.1. The van der Waals surface area contributed by atoms with Gasteiger partial charge >= 0.3 is 0 Å². The number of quaternary nitrogens is 1. The van der Waals surface area contributed by atoms with E-state index in [1.807, 2.05) is 18.3 Å². The van der Waals surface area contributed by atoms with Gasteiger partial charge in [-0.1, -0.05) is 50.2 Å². The lowest BCUT2D eigenvalue weighted by Crippen LogP contribution is -2.91. The van der Waals surface area contributed by atoms with Crippen molar-refractivity contribution in [2.45, 2.75) is 46.2 Å². The number of nitrogens with zero attached hydrogens (tertiary/aromatic N) is 1. The molecule has 0 saturated heterocycles. The van der Waals surface area contributed by atoms with Crippen LogP contribution in [0.1, 0.15) is 50.4 Å².